The van der Waals surface area contributed by atoms with Gasteiger partial charge in [0.25, 0.3) is 0 Å². The molecule has 32 heavy (non-hydrogen) atoms. The van der Waals surface area contributed by atoms with Crippen molar-refractivity contribution in [3.05, 3.63) is 65.4 Å². The first-order valence-electron chi connectivity index (χ1n) is 11.5. The molecule has 170 valence electrons. The summed E-state index contributed by atoms with van der Waals surface area (Å²) in [5, 5.41) is 4.30. The third-order valence-electron chi connectivity index (χ3n) is 6.35. The van der Waals surface area contributed by atoms with Gasteiger partial charge >= 0.3 is 0 Å². The average molecular weight is 436 g/mol. The van der Waals surface area contributed by atoms with E-state index in [1.807, 2.05) is 18.2 Å². The Labute approximate surface area is 189 Å². The Balaban J connectivity index is 1.57. The van der Waals surface area contributed by atoms with E-state index in [1.54, 1.807) is 7.11 Å². The predicted molar refractivity (Wildman–Crippen MR) is 127 cm³/mol. The fraction of sp³-hybridized carbons (Fsp3) is 0.423. The summed E-state index contributed by atoms with van der Waals surface area (Å²) in [6.07, 6.45) is 3.38. The molecule has 4 rings (SSSR count). The van der Waals surface area contributed by atoms with Gasteiger partial charge in [0.05, 0.1) is 20.3 Å². The van der Waals surface area contributed by atoms with Crippen molar-refractivity contribution in [2.45, 2.75) is 25.7 Å². The van der Waals surface area contributed by atoms with Crippen LogP contribution in [0.5, 0.6) is 5.75 Å². The molecule has 1 atom stereocenters. The van der Waals surface area contributed by atoms with Crippen LogP contribution in [0.4, 0.5) is 0 Å². The zero-order valence-corrected chi connectivity index (χ0v) is 19.0. The van der Waals surface area contributed by atoms with Gasteiger partial charge in [-0.05, 0) is 23.6 Å². The van der Waals surface area contributed by atoms with Crippen LogP contribution in [0.1, 0.15) is 36.0 Å². The molecule has 1 amide bonds. The number of nitrogens with one attached hydrogen (secondary N) is 2. The summed E-state index contributed by atoms with van der Waals surface area (Å²) in [5.74, 6) is 0.755. The van der Waals surface area contributed by atoms with Gasteiger partial charge in [-0.1, -0.05) is 43.3 Å². The number of hydrogen-bond acceptors (Lipinski definition) is 4. The van der Waals surface area contributed by atoms with E-state index in [0.29, 0.717) is 13.0 Å². The number of ether oxygens (including phenoxy) is 2. The maximum atomic E-state index is 13.0. The van der Waals surface area contributed by atoms with Gasteiger partial charge in [0.15, 0.2) is 0 Å². The number of morpholine rings is 1. The van der Waals surface area contributed by atoms with Crippen LogP contribution in [0.3, 0.4) is 0 Å². The Hall–Kier alpha value is -2.83. The summed E-state index contributed by atoms with van der Waals surface area (Å²) in [5.41, 5.74) is 4.59. The predicted octanol–water partition coefficient (Wildman–Crippen LogP) is 3.71. The number of amides is 1. The zero-order valence-electron chi connectivity index (χ0n) is 19.0. The van der Waals surface area contributed by atoms with Gasteiger partial charge in [0, 0.05) is 61.2 Å². The molecule has 0 aliphatic carbocycles. The number of benzene rings is 2. The third-order valence-corrected chi connectivity index (χ3v) is 6.35. The number of carbonyl (C=O) groups excluding carboxylic acids is 1. The van der Waals surface area contributed by atoms with Gasteiger partial charge in [-0.15, -0.1) is 0 Å². The van der Waals surface area contributed by atoms with Gasteiger partial charge in [-0.3, -0.25) is 9.69 Å². The Bertz CT molecular complexity index is 1040. The van der Waals surface area contributed by atoms with E-state index in [4.69, 9.17) is 9.47 Å². The number of hydrogen-bond donors (Lipinski definition) is 2. The lowest BCUT2D eigenvalue weighted by atomic mass is 9.87. The number of rotatable bonds is 9. The maximum absolute atomic E-state index is 13.0. The Morgan fingerprint density at radius 1 is 1.16 bits per heavy atom. The van der Waals surface area contributed by atoms with Crippen molar-refractivity contribution in [1.82, 2.24) is 15.2 Å². The highest BCUT2D eigenvalue weighted by Gasteiger charge is 2.24. The molecule has 2 N–H and O–H groups in total. The largest absolute Gasteiger partial charge is 0.496 e. The molecule has 1 aliphatic rings. The van der Waals surface area contributed by atoms with Crippen molar-refractivity contribution in [3.63, 3.8) is 0 Å². The smallest absolute Gasteiger partial charge is 0.220 e. The number of aromatic amines is 1. The van der Waals surface area contributed by atoms with Crippen molar-refractivity contribution in [2.24, 2.45) is 0 Å². The second-order valence-corrected chi connectivity index (χ2v) is 8.24. The molecular weight excluding hydrogens is 402 g/mol. The maximum Gasteiger partial charge on any atom is 0.220 e. The first-order chi connectivity index (χ1) is 15.7. The van der Waals surface area contributed by atoms with Crippen LogP contribution >= 0.6 is 0 Å². The quantitative estimate of drug-likeness (QED) is 0.538. The number of carbonyl (C=O) groups is 1. The summed E-state index contributed by atoms with van der Waals surface area (Å²) >= 11 is 0. The monoisotopic (exact) mass is 435 g/mol. The molecule has 1 fully saturated rings. The van der Waals surface area contributed by atoms with E-state index in [0.717, 1.165) is 61.7 Å². The number of methoxy groups -OCH3 is 1. The molecule has 3 aromatic rings. The van der Waals surface area contributed by atoms with E-state index in [2.05, 4.69) is 52.6 Å². The van der Waals surface area contributed by atoms with Gasteiger partial charge in [-0.25, -0.2) is 0 Å². The first-order valence-corrected chi connectivity index (χ1v) is 11.5. The topological polar surface area (TPSA) is 66.6 Å². The lowest BCUT2D eigenvalue weighted by molar-refractivity contribution is -0.121. The second kappa shape index (κ2) is 10.7. The van der Waals surface area contributed by atoms with E-state index in [1.165, 1.54) is 10.9 Å². The van der Waals surface area contributed by atoms with Crippen LogP contribution in [-0.2, 0) is 16.0 Å². The summed E-state index contributed by atoms with van der Waals surface area (Å²) in [7, 11) is 1.68. The summed E-state index contributed by atoms with van der Waals surface area (Å²) in [6.45, 7) is 7.04. The highest BCUT2D eigenvalue weighted by molar-refractivity contribution is 5.88. The molecule has 6 nitrogen and oxygen atoms in total. The number of para-hydroxylation sites is 2. The molecule has 6 heteroatoms. The summed E-state index contributed by atoms with van der Waals surface area (Å²) in [4.78, 5) is 18.8. The fourth-order valence-corrected chi connectivity index (χ4v) is 4.60. The van der Waals surface area contributed by atoms with Crippen LogP contribution < -0.4 is 10.1 Å². The lowest BCUT2D eigenvalue weighted by Gasteiger charge is -2.26. The van der Waals surface area contributed by atoms with Gasteiger partial charge in [0.2, 0.25) is 5.91 Å². The Morgan fingerprint density at radius 3 is 2.75 bits per heavy atom. The molecule has 1 aromatic heterocycles. The molecule has 0 radical (unpaired) electrons. The molecule has 1 aliphatic heterocycles. The summed E-state index contributed by atoms with van der Waals surface area (Å²) in [6, 6.07) is 14.4. The van der Waals surface area contributed by atoms with E-state index in [9.17, 15) is 4.79 Å². The molecule has 2 aromatic carbocycles. The molecule has 0 unspecified atom stereocenters. The molecular formula is C26H33N3O3. The van der Waals surface area contributed by atoms with E-state index in [-0.39, 0.29) is 11.8 Å². The van der Waals surface area contributed by atoms with Crippen molar-refractivity contribution < 1.29 is 14.3 Å². The minimum atomic E-state index is -0.101. The van der Waals surface area contributed by atoms with Crippen LogP contribution in [0.15, 0.2) is 48.7 Å². The normalized spacial score (nSPS) is 15.6. The van der Waals surface area contributed by atoms with Gasteiger partial charge in [0.1, 0.15) is 5.75 Å². The van der Waals surface area contributed by atoms with Gasteiger partial charge < -0.3 is 19.8 Å². The molecule has 1 saturated heterocycles. The summed E-state index contributed by atoms with van der Waals surface area (Å²) < 4.78 is 11.1. The SMILES string of the molecule is CCc1cccc2c([C@H](CC(=O)NCCN3CCOCC3)c3ccccc3OC)c[nH]c12. The minimum Gasteiger partial charge on any atom is -0.496 e. The molecule has 2 heterocycles. The van der Waals surface area contributed by atoms with Crippen LogP contribution in [0, 0.1) is 0 Å². The number of fused-ring (bicyclic) bond motifs is 1. The van der Waals surface area contributed by atoms with Crippen molar-refractivity contribution in [2.75, 3.05) is 46.5 Å². The zero-order chi connectivity index (χ0) is 22.3. The number of H-pyrrole nitrogens is 1. The highest BCUT2D eigenvalue weighted by atomic mass is 16.5. The lowest BCUT2D eigenvalue weighted by Crippen LogP contribution is -2.41. The molecule has 0 spiro atoms. The highest BCUT2D eigenvalue weighted by Crippen LogP contribution is 2.38. The molecule has 0 saturated carbocycles. The minimum absolute atomic E-state index is 0.0511. The second-order valence-electron chi connectivity index (χ2n) is 8.24. The van der Waals surface area contributed by atoms with Crippen molar-refractivity contribution >= 4 is 16.8 Å². The average Bonchev–Trinajstić information content (AvgIpc) is 3.27. The van der Waals surface area contributed by atoms with Crippen molar-refractivity contribution in [1.29, 1.82) is 0 Å². The van der Waals surface area contributed by atoms with Crippen LogP contribution in [0.2, 0.25) is 0 Å². The fourth-order valence-electron chi connectivity index (χ4n) is 4.60. The Morgan fingerprint density at radius 2 is 1.97 bits per heavy atom. The standard InChI is InChI=1S/C26H33N3O3/c1-3-19-7-6-9-21-23(18-28-26(19)21)22(20-8-4-5-10-24(20)31-2)17-25(30)27-11-12-29-13-15-32-16-14-29/h4-10,18,22,28H,3,11-17H2,1-2H3,(H,27,30)/t22-/m1/s1. The third kappa shape index (κ3) is 4.97. The van der Waals surface area contributed by atoms with Crippen molar-refractivity contribution in [3.8, 4) is 5.75 Å². The molecule has 0 bridgehead atoms. The number of aryl methyl sites for hydroxylation is 1. The number of aromatic nitrogens is 1. The Kier molecular flexibility index (Phi) is 7.45. The number of nitrogens with zero attached hydrogens (tertiary/aromatic N) is 1. The van der Waals surface area contributed by atoms with Crippen LogP contribution in [0.25, 0.3) is 10.9 Å². The van der Waals surface area contributed by atoms with Gasteiger partial charge in [-0.2, -0.15) is 0 Å². The first kappa shape index (κ1) is 22.4. The van der Waals surface area contributed by atoms with Crippen LogP contribution in [-0.4, -0.2) is 62.3 Å². The van der Waals surface area contributed by atoms with E-state index >= 15 is 0 Å². The van der Waals surface area contributed by atoms with E-state index < -0.39 is 0 Å².